The number of methoxy groups -OCH3 is 1. The average molecular weight is 267 g/mol. The van der Waals surface area contributed by atoms with Crippen molar-refractivity contribution in [2.75, 3.05) is 12.9 Å². The van der Waals surface area contributed by atoms with E-state index in [2.05, 4.69) is 0 Å². The van der Waals surface area contributed by atoms with Gasteiger partial charge in [-0.3, -0.25) is 0 Å². The Hall–Kier alpha value is -0.480. The van der Waals surface area contributed by atoms with E-state index in [1.54, 1.807) is 25.3 Å². The summed E-state index contributed by atoms with van der Waals surface area (Å²) in [6, 6.07) is 5.37. The molecule has 0 aromatic heterocycles. The lowest BCUT2D eigenvalue weighted by Gasteiger charge is -2.09. The highest BCUT2D eigenvalue weighted by molar-refractivity contribution is 7.99. The highest BCUT2D eigenvalue weighted by atomic mass is 35.5. The zero-order valence-electron chi connectivity index (χ0n) is 8.88. The Kier molecular flexibility index (Phi) is 5.91. The highest BCUT2D eigenvalue weighted by Gasteiger charge is 2.08. The molecule has 0 saturated carbocycles. The molecule has 0 amide bonds. The van der Waals surface area contributed by atoms with E-state index in [-0.39, 0.29) is 6.42 Å². The first-order valence-electron chi connectivity index (χ1n) is 4.88. The second-order valence-electron chi connectivity index (χ2n) is 3.15. The van der Waals surface area contributed by atoms with E-state index in [0.717, 1.165) is 4.90 Å². The van der Waals surface area contributed by atoms with Gasteiger partial charge in [-0.05, 0) is 24.3 Å². The minimum absolute atomic E-state index is 0.0697. The van der Waals surface area contributed by atoms with Gasteiger partial charge >= 0.3 is 0 Å². The number of ether oxygens (including phenoxy) is 1. The largest absolute Gasteiger partial charge is 0.496 e. The van der Waals surface area contributed by atoms with E-state index in [9.17, 15) is 8.78 Å². The van der Waals surface area contributed by atoms with Crippen LogP contribution in [0, 0.1) is 0 Å². The van der Waals surface area contributed by atoms with Gasteiger partial charge in [-0.15, -0.1) is 11.8 Å². The molecule has 0 saturated heterocycles. The van der Waals surface area contributed by atoms with Gasteiger partial charge in [-0.2, -0.15) is 0 Å². The lowest BCUT2D eigenvalue weighted by molar-refractivity contribution is 0.137. The van der Waals surface area contributed by atoms with E-state index >= 15 is 0 Å². The zero-order valence-corrected chi connectivity index (χ0v) is 10.5. The number of halogens is 3. The molecule has 0 aliphatic rings. The number of benzene rings is 1. The quantitative estimate of drug-likeness (QED) is 0.554. The predicted molar refractivity (Wildman–Crippen MR) is 64.0 cm³/mol. The van der Waals surface area contributed by atoms with Gasteiger partial charge in [0.25, 0.3) is 0 Å². The molecule has 0 aliphatic carbocycles. The van der Waals surface area contributed by atoms with Crippen LogP contribution in [0.1, 0.15) is 12.8 Å². The van der Waals surface area contributed by atoms with Gasteiger partial charge in [0.15, 0.2) is 0 Å². The molecule has 0 N–H and O–H groups in total. The standard InChI is InChI=1S/C11H13ClF2OS/c1-15-9-5-2-4-8(12)11(9)16-7-3-6-10(13)14/h2,4-5,10H,3,6-7H2,1H3. The fraction of sp³-hybridized carbons (Fsp3) is 0.455. The van der Waals surface area contributed by atoms with E-state index in [4.69, 9.17) is 16.3 Å². The maximum Gasteiger partial charge on any atom is 0.238 e. The van der Waals surface area contributed by atoms with Crippen LogP contribution in [0.5, 0.6) is 5.75 Å². The van der Waals surface area contributed by atoms with Crippen LogP contribution in [0.15, 0.2) is 23.1 Å². The monoisotopic (exact) mass is 266 g/mol. The van der Waals surface area contributed by atoms with E-state index < -0.39 is 6.43 Å². The molecule has 16 heavy (non-hydrogen) atoms. The smallest absolute Gasteiger partial charge is 0.238 e. The Morgan fingerprint density at radius 3 is 2.81 bits per heavy atom. The van der Waals surface area contributed by atoms with Crippen LogP contribution in [0.3, 0.4) is 0 Å². The molecule has 0 unspecified atom stereocenters. The van der Waals surface area contributed by atoms with Gasteiger partial charge in [0.1, 0.15) is 5.75 Å². The molecule has 0 spiro atoms. The summed E-state index contributed by atoms with van der Waals surface area (Å²) < 4.78 is 29.0. The Labute approximate surface area is 103 Å². The van der Waals surface area contributed by atoms with Crippen LogP contribution in [0.4, 0.5) is 8.78 Å². The lowest BCUT2D eigenvalue weighted by Crippen LogP contribution is -1.92. The van der Waals surface area contributed by atoms with Gasteiger partial charge < -0.3 is 4.74 Å². The van der Waals surface area contributed by atoms with Gasteiger partial charge in [0, 0.05) is 6.42 Å². The molecule has 5 heteroatoms. The van der Waals surface area contributed by atoms with Crippen molar-refractivity contribution in [2.24, 2.45) is 0 Å². The molecule has 0 bridgehead atoms. The molecular formula is C11H13ClF2OS. The van der Waals surface area contributed by atoms with E-state index in [1.165, 1.54) is 11.8 Å². The van der Waals surface area contributed by atoms with Crippen molar-refractivity contribution in [3.05, 3.63) is 23.2 Å². The first-order chi connectivity index (χ1) is 7.65. The minimum atomic E-state index is -2.23. The Balaban J connectivity index is 2.52. The Morgan fingerprint density at radius 2 is 2.19 bits per heavy atom. The number of thioether (sulfide) groups is 1. The molecule has 1 nitrogen and oxygen atoms in total. The number of hydrogen-bond acceptors (Lipinski definition) is 2. The van der Waals surface area contributed by atoms with E-state index in [1.807, 2.05) is 0 Å². The van der Waals surface area contributed by atoms with Gasteiger partial charge in [0.2, 0.25) is 6.43 Å². The Bertz CT molecular complexity index is 334. The summed E-state index contributed by atoms with van der Waals surface area (Å²) >= 11 is 7.45. The van der Waals surface area contributed by atoms with Crippen LogP contribution < -0.4 is 4.74 Å². The first-order valence-corrected chi connectivity index (χ1v) is 6.25. The molecule has 1 aromatic carbocycles. The van der Waals surface area contributed by atoms with Crippen molar-refractivity contribution >= 4 is 23.4 Å². The van der Waals surface area contributed by atoms with E-state index in [0.29, 0.717) is 22.9 Å². The minimum Gasteiger partial charge on any atom is -0.496 e. The van der Waals surface area contributed by atoms with Crippen molar-refractivity contribution in [3.63, 3.8) is 0 Å². The molecule has 1 aromatic rings. The molecule has 0 radical (unpaired) electrons. The SMILES string of the molecule is COc1cccc(Cl)c1SCCCC(F)F. The topological polar surface area (TPSA) is 9.23 Å². The zero-order chi connectivity index (χ0) is 12.0. The summed E-state index contributed by atoms with van der Waals surface area (Å²) in [5.41, 5.74) is 0. The van der Waals surface area contributed by atoms with Crippen molar-refractivity contribution in [3.8, 4) is 5.75 Å². The fourth-order valence-electron chi connectivity index (χ4n) is 1.20. The van der Waals surface area contributed by atoms with Crippen molar-refractivity contribution in [1.82, 2.24) is 0 Å². The third kappa shape index (κ3) is 4.18. The lowest BCUT2D eigenvalue weighted by atomic mass is 10.3. The summed E-state index contributed by atoms with van der Waals surface area (Å²) in [5, 5.41) is 0.599. The predicted octanol–water partition coefficient (Wildman–Crippen LogP) is 4.49. The number of alkyl halides is 2. The number of rotatable bonds is 6. The maximum atomic E-state index is 11.9. The van der Waals surface area contributed by atoms with Gasteiger partial charge in [-0.25, -0.2) is 8.78 Å². The van der Waals surface area contributed by atoms with Crippen LogP contribution in [0.2, 0.25) is 5.02 Å². The maximum absolute atomic E-state index is 11.9. The first kappa shape index (κ1) is 13.6. The molecule has 0 heterocycles. The molecule has 0 aliphatic heterocycles. The van der Waals surface area contributed by atoms with Crippen LogP contribution in [-0.4, -0.2) is 19.3 Å². The third-order valence-electron chi connectivity index (χ3n) is 1.96. The second-order valence-corrected chi connectivity index (χ2v) is 4.67. The second kappa shape index (κ2) is 6.97. The summed E-state index contributed by atoms with van der Waals surface area (Å²) in [4.78, 5) is 0.820. The molecule has 0 atom stereocenters. The summed E-state index contributed by atoms with van der Waals surface area (Å²) in [6.45, 7) is 0. The van der Waals surface area contributed by atoms with Crippen LogP contribution >= 0.6 is 23.4 Å². The average Bonchev–Trinajstić information content (AvgIpc) is 2.25. The van der Waals surface area contributed by atoms with Crippen molar-refractivity contribution < 1.29 is 13.5 Å². The molecule has 1 rings (SSSR count). The Morgan fingerprint density at radius 1 is 1.44 bits per heavy atom. The van der Waals surface area contributed by atoms with Gasteiger partial charge in [0.05, 0.1) is 17.0 Å². The van der Waals surface area contributed by atoms with Crippen LogP contribution in [0.25, 0.3) is 0 Å². The molecule has 90 valence electrons. The normalized spacial score (nSPS) is 10.8. The van der Waals surface area contributed by atoms with Crippen LogP contribution in [-0.2, 0) is 0 Å². The van der Waals surface area contributed by atoms with Crippen molar-refractivity contribution in [2.45, 2.75) is 24.2 Å². The molecule has 0 fully saturated rings. The van der Waals surface area contributed by atoms with Gasteiger partial charge in [-0.1, -0.05) is 17.7 Å². The van der Waals surface area contributed by atoms with Crippen molar-refractivity contribution in [1.29, 1.82) is 0 Å². The third-order valence-corrected chi connectivity index (χ3v) is 3.59. The summed E-state index contributed by atoms with van der Waals surface area (Å²) in [6.07, 6.45) is -1.83. The fourth-order valence-corrected chi connectivity index (χ4v) is 2.55. The number of hydrogen-bond donors (Lipinski definition) is 0. The summed E-state index contributed by atoms with van der Waals surface area (Å²) in [7, 11) is 1.56. The molecular weight excluding hydrogens is 254 g/mol. The summed E-state index contributed by atoms with van der Waals surface area (Å²) in [5.74, 6) is 1.30. The highest BCUT2D eigenvalue weighted by Crippen LogP contribution is 2.36.